The summed E-state index contributed by atoms with van der Waals surface area (Å²) in [6.07, 6.45) is 6.58. The van der Waals surface area contributed by atoms with Gasteiger partial charge in [-0.1, -0.05) is 0 Å². The summed E-state index contributed by atoms with van der Waals surface area (Å²) in [6, 6.07) is 0.964. The lowest BCUT2D eigenvalue weighted by molar-refractivity contribution is 0.0144. The molecule has 1 aliphatic carbocycles. The lowest BCUT2D eigenvalue weighted by Crippen LogP contribution is -2.50. The highest BCUT2D eigenvalue weighted by molar-refractivity contribution is 5.68. The van der Waals surface area contributed by atoms with Crippen molar-refractivity contribution in [2.45, 2.75) is 83.9 Å². The van der Waals surface area contributed by atoms with Crippen molar-refractivity contribution in [2.24, 2.45) is 11.8 Å². The first-order valence-electron chi connectivity index (χ1n) is 9.63. The highest BCUT2D eigenvalue weighted by Crippen LogP contribution is 2.26. The van der Waals surface area contributed by atoms with Gasteiger partial charge in [-0.25, -0.2) is 4.79 Å². The number of piperidine rings is 1. The summed E-state index contributed by atoms with van der Waals surface area (Å²) in [7, 11) is 0. The molecule has 1 aliphatic heterocycles. The van der Waals surface area contributed by atoms with Crippen LogP contribution in [0.15, 0.2) is 0 Å². The molecule has 140 valence electrons. The number of hydrogen-bond acceptors (Lipinski definition) is 4. The molecule has 2 atom stereocenters. The topological polar surface area (TPSA) is 61.8 Å². The zero-order valence-electron chi connectivity index (χ0n) is 15.9. The Morgan fingerprint density at radius 3 is 2.50 bits per heavy atom. The Kier molecular flexibility index (Phi) is 6.93. The fourth-order valence-corrected chi connectivity index (χ4v) is 3.93. The number of ether oxygens (including phenoxy) is 1. The first kappa shape index (κ1) is 19.5. The molecule has 1 heterocycles. The first-order valence-corrected chi connectivity index (χ1v) is 9.63. The van der Waals surface area contributed by atoms with Crippen LogP contribution in [0.2, 0.25) is 0 Å². The number of amides is 1. The van der Waals surface area contributed by atoms with Crippen molar-refractivity contribution in [3.05, 3.63) is 0 Å². The number of aliphatic hydroxyl groups is 1. The quantitative estimate of drug-likeness (QED) is 0.825. The number of nitrogens with one attached hydrogen (secondary N) is 1. The third kappa shape index (κ3) is 5.92. The Labute approximate surface area is 147 Å². The van der Waals surface area contributed by atoms with Gasteiger partial charge in [0, 0.05) is 31.8 Å². The molecule has 0 bridgehead atoms. The van der Waals surface area contributed by atoms with Gasteiger partial charge >= 0.3 is 6.09 Å². The van der Waals surface area contributed by atoms with E-state index in [9.17, 15) is 9.90 Å². The Morgan fingerprint density at radius 1 is 1.25 bits per heavy atom. The monoisotopic (exact) mass is 340 g/mol. The number of carbonyl (C=O) groups excluding carboxylic acids is 1. The minimum Gasteiger partial charge on any atom is -0.444 e. The maximum absolute atomic E-state index is 12.3. The molecule has 0 aromatic carbocycles. The third-order valence-electron chi connectivity index (χ3n) is 5.42. The van der Waals surface area contributed by atoms with Crippen LogP contribution in [-0.4, -0.2) is 53.5 Å². The molecule has 0 aromatic heterocycles. The average Bonchev–Trinajstić information content (AvgIpc) is 2.54. The number of nitrogens with zero attached hydrogens (tertiary/aromatic N) is 1. The van der Waals surface area contributed by atoms with Gasteiger partial charge in [-0.2, -0.15) is 0 Å². The molecule has 2 N–H and O–H groups in total. The van der Waals surface area contributed by atoms with Crippen LogP contribution >= 0.6 is 0 Å². The molecule has 2 fully saturated rings. The molecule has 2 rings (SSSR count). The minimum absolute atomic E-state index is 0.178. The van der Waals surface area contributed by atoms with Crippen molar-refractivity contribution in [1.82, 2.24) is 10.2 Å². The Balaban J connectivity index is 1.80. The molecule has 1 amide bonds. The SMILES string of the molecule is CC(NC1CCC(CO)CC1)C1CCCN(C(=O)OC(C)(C)C)C1. The van der Waals surface area contributed by atoms with Crippen LogP contribution in [0.3, 0.4) is 0 Å². The Morgan fingerprint density at radius 2 is 1.92 bits per heavy atom. The van der Waals surface area contributed by atoms with Crippen molar-refractivity contribution >= 4 is 6.09 Å². The summed E-state index contributed by atoms with van der Waals surface area (Å²) in [4.78, 5) is 14.2. The normalized spacial score (nSPS) is 30.0. The number of carbonyl (C=O) groups is 1. The molecule has 0 spiro atoms. The van der Waals surface area contributed by atoms with Gasteiger partial charge in [0.15, 0.2) is 0 Å². The number of aliphatic hydroxyl groups excluding tert-OH is 1. The number of hydrogen-bond donors (Lipinski definition) is 2. The van der Waals surface area contributed by atoms with E-state index in [1.165, 1.54) is 6.42 Å². The van der Waals surface area contributed by atoms with Gasteiger partial charge in [0.2, 0.25) is 0 Å². The van der Waals surface area contributed by atoms with Crippen molar-refractivity contribution in [3.63, 3.8) is 0 Å². The van der Waals surface area contributed by atoms with Crippen molar-refractivity contribution < 1.29 is 14.6 Å². The second-order valence-corrected chi connectivity index (χ2v) is 8.68. The van der Waals surface area contributed by atoms with E-state index in [2.05, 4.69) is 12.2 Å². The molecule has 1 saturated heterocycles. The van der Waals surface area contributed by atoms with Crippen LogP contribution in [0.25, 0.3) is 0 Å². The third-order valence-corrected chi connectivity index (χ3v) is 5.42. The van der Waals surface area contributed by atoms with Crippen LogP contribution in [0.4, 0.5) is 4.79 Å². The summed E-state index contributed by atoms with van der Waals surface area (Å²) in [6.45, 7) is 9.92. The van der Waals surface area contributed by atoms with Crippen LogP contribution in [-0.2, 0) is 4.74 Å². The van der Waals surface area contributed by atoms with E-state index < -0.39 is 5.60 Å². The highest BCUT2D eigenvalue weighted by Gasteiger charge is 2.31. The largest absolute Gasteiger partial charge is 0.444 e. The molecule has 0 radical (unpaired) electrons. The van der Waals surface area contributed by atoms with Gasteiger partial charge in [0.1, 0.15) is 5.60 Å². The maximum Gasteiger partial charge on any atom is 0.410 e. The first-order chi connectivity index (χ1) is 11.3. The average molecular weight is 341 g/mol. The number of likely N-dealkylation sites (tertiary alicyclic amines) is 1. The molecule has 2 aliphatic rings. The van der Waals surface area contributed by atoms with Crippen molar-refractivity contribution in [1.29, 1.82) is 0 Å². The number of rotatable bonds is 4. The van der Waals surface area contributed by atoms with E-state index >= 15 is 0 Å². The minimum atomic E-state index is -0.431. The predicted molar refractivity (Wildman–Crippen MR) is 96.0 cm³/mol. The van der Waals surface area contributed by atoms with E-state index in [1.807, 2.05) is 25.7 Å². The van der Waals surface area contributed by atoms with Gasteiger partial charge in [0.05, 0.1) is 0 Å². The van der Waals surface area contributed by atoms with Crippen LogP contribution in [0, 0.1) is 11.8 Å². The van der Waals surface area contributed by atoms with E-state index in [1.54, 1.807) is 0 Å². The molecule has 0 aromatic rings. The van der Waals surface area contributed by atoms with Crippen molar-refractivity contribution in [2.75, 3.05) is 19.7 Å². The maximum atomic E-state index is 12.3. The molecular formula is C19H36N2O3. The Hall–Kier alpha value is -0.810. The van der Waals surface area contributed by atoms with E-state index in [4.69, 9.17) is 4.74 Å². The van der Waals surface area contributed by atoms with Crippen molar-refractivity contribution in [3.8, 4) is 0 Å². The van der Waals surface area contributed by atoms with Gasteiger partial charge < -0.3 is 20.1 Å². The van der Waals surface area contributed by atoms with E-state index in [-0.39, 0.29) is 6.09 Å². The highest BCUT2D eigenvalue weighted by atomic mass is 16.6. The molecule has 5 heteroatoms. The second kappa shape index (κ2) is 8.52. The van der Waals surface area contributed by atoms with Crippen LogP contribution in [0.5, 0.6) is 0 Å². The van der Waals surface area contributed by atoms with E-state index in [0.29, 0.717) is 30.5 Å². The molecule has 5 nitrogen and oxygen atoms in total. The lowest BCUT2D eigenvalue weighted by atomic mass is 9.85. The van der Waals surface area contributed by atoms with E-state index in [0.717, 1.165) is 45.2 Å². The molecule has 1 saturated carbocycles. The fraction of sp³-hybridized carbons (Fsp3) is 0.947. The standard InChI is InChI=1S/C19H36N2O3/c1-14(20-17-9-7-15(13-22)8-10-17)16-6-5-11-21(12-16)18(23)24-19(2,3)4/h14-17,20,22H,5-13H2,1-4H3. The molecular weight excluding hydrogens is 304 g/mol. The summed E-state index contributed by atoms with van der Waals surface area (Å²) in [5.41, 5.74) is -0.431. The zero-order chi connectivity index (χ0) is 17.7. The molecule has 24 heavy (non-hydrogen) atoms. The Bertz CT molecular complexity index is 400. The van der Waals surface area contributed by atoms with Crippen LogP contribution < -0.4 is 5.32 Å². The molecule has 2 unspecified atom stereocenters. The summed E-state index contributed by atoms with van der Waals surface area (Å²) in [5, 5.41) is 13.0. The van der Waals surface area contributed by atoms with Gasteiger partial charge in [-0.15, -0.1) is 0 Å². The zero-order valence-corrected chi connectivity index (χ0v) is 15.9. The fourth-order valence-electron chi connectivity index (χ4n) is 3.93. The van der Waals surface area contributed by atoms with Gasteiger partial charge in [0.25, 0.3) is 0 Å². The van der Waals surface area contributed by atoms with Crippen LogP contribution in [0.1, 0.15) is 66.2 Å². The predicted octanol–water partition coefficient (Wildman–Crippen LogP) is 3.16. The van der Waals surface area contributed by atoms with Gasteiger partial charge in [-0.05, 0) is 78.1 Å². The summed E-state index contributed by atoms with van der Waals surface area (Å²) >= 11 is 0. The lowest BCUT2D eigenvalue weighted by Gasteiger charge is -2.39. The smallest absolute Gasteiger partial charge is 0.410 e. The summed E-state index contributed by atoms with van der Waals surface area (Å²) in [5.74, 6) is 0.984. The van der Waals surface area contributed by atoms with Gasteiger partial charge in [-0.3, -0.25) is 0 Å². The second-order valence-electron chi connectivity index (χ2n) is 8.68. The summed E-state index contributed by atoms with van der Waals surface area (Å²) < 4.78 is 5.52.